The maximum Gasteiger partial charge on any atom is 0.113 e. The van der Waals surface area contributed by atoms with Crippen molar-refractivity contribution in [2.75, 3.05) is 12.4 Å². The molecule has 0 saturated heterocycles. The molecule has 0 aliphatic rings. The molecule has 3 nitrogen and oxygen atoms in total. The van der Waals surface area contributed by atoms with Gasteiger partial charge >= 0.3 is 0 Å². The van der Waals surface area contributed by atoms with Gasteiger partial charge in [0.05, 0.1) is 18.6 Å². The van der Waals surface area contributed by atoms with Gasteiger partial charge in [-0.25, -0.2) is 0 Å². The first-order valence-corrected chi connectivity index (χ1v) is 5.45. The molecule has 0 aliphatic carbocycles. The molecule has 3 N–H and O–H groups in total. The quantitative estimate of drug-likeness (QED) is 0.679. The van der Waals surface area contributed by atoms with Crippen molar-refractivity contribution in [3.63, 3.8) is 0 Å². The summed E-state index contributed by atoms with van der Waals surface area (Å²) in [6, 6.07) is 3.76. The lowest BCUT2D eigenvalue weighted by molar-refractivity contribution is 0.264. The summed E-state index contributed by atoms with van der Waals surface area (Å²) in [5.41, 5.74) is 5.55. The highest BCUT2D eigenvalue weighted by molar-refractivity contribution is 7.98. The molecule has 1 atom stereocenters. The minimum atomic E-state index is -0.0795. The molecule has 1 aromatic heterocycles. The normalized spacial score (nSPS) is 13.1. The van der Waals surface area contributed by atoms with Crippen LogP contribution in [0.5, 0.6) is 0 Å². The molecule has 0 amide bonds. The number of aliphatic hydroxyl groups is 1. The molecule has 0 fully saturated rings. The Morgan fingerprint density at radius 2 is 2.46 bits per heavy atom. The summed E-state index contributed by atoms with van der Waals surface area (Å²) in [5, 5.41) is 8.67. The first-order chi connectivity index (χ1) is 6.33. The highest BCUT2D eigenvalue weighted by atomic mass is 32.2. The minimum absolute atomic E-state index is 0.0707. The number of aliphatic hydroxyl groups excluding tert-OH is 1. The highest BCUT2D eigenvalue weighted by Crippen LogP contribution is 2.13. The van der Waals surface area contributed by atoms with Crippen LogP contribution in [0.3, 0.4) is 0 Å². The van der Waals surface area contributed by atoms with E-state index in [-0.39, 0.29) is 12.6 Å². The number of hydrogen-bond donors (Lipinski definition) is 2. The van der Waals surface area contributed by atoms with E-state index in [0.29, 0.717) is 0 Å². The third-order valence-corrected chi connectivity index (χ3v) is 2.70. The number of furan rings is 1. The molecule has 1 rings (SSSR count). The molecule has 0 saturated carbocycles. The van der Waals surface area contributed by atoms with Crippen LogP contribution in [-0.4, -0.2) is 23.5 Å². The van der Waals surface area contributed by atoms with Gasteiger partial charge in [-0.1, -0.05) is 0 Å². The molecule has 0 radical (unpaired) electrons. The Kier molecular flexibility index (Phi) is 4.97. The summed E-state index contributed by atoms with van der Waals surface area (Å²) in [7, 11) is 0. The second-order valence-corrected chi connectivity index (χ2v) is 3.97. The van der Waals surface area contributed by atoms with Gasteiger partial charge in [-0.15, -0.1) is 0 Å². The second-order valence-electron chi connectivity index (χ2n) is 2.86. The van der Waals surface area contributed by atoms with Crippen LogP contribution in [-0.2, 0) is 5.75 Å². The van der Waals surface area contributed by atoms with Crippen LogP contribution >= 0.6 is 11.8 Å². The fourth-order valence-electron chi connectivity index (χ4n) is 0.893. The van der Waals surface area contributed by atoms with Gasteiger partial charge in [0.1, 0.15) is 5.76 Å². The summed E-state index contributed by atoms with van der Waals surface area (Å²) in [5.74, 6) is 2.83. The average molecular weight is 201 g/mol. The monoisotopic (exact) mass is 201 g/mol. The summed E-state index contributed by atoms with van der Waals surface area (Å²) >= 11 is 1.77. The third kappa shape index (κ3) is 4.36. The smallest absolute Gasteiger partial charge is 0.113 e. The zero-order valence-electron chi connectivity index (χ0n) is 7.48. The van der Waals surface area contributed by atoms with E-state index in [0.717, 1.165) is 23.7 Å². The Bertz CT molecular complexity index is 213. The van der Waals surface area contributed by atoms with Gasteiger partial charge in [0.2, 0.25) is 0 Å². The fourth-order valence-corrected chi connectivity index (χ4v) is 1.87. The molecule has 4 heteroatoms. The molecule has 0 spiro atoms. The SMILES string of the molecule is NC(CO)CCSCc1ccco1. The standard InChI is InChI=1S/C9H15NO2S/c10-8(6-11)3-5-13-7-9-2-1-4-12-9/h1-2,4,8,11H,3,5-7,10H2. The van der Waals surface area contributed by atoms with E-state index >= 15 is 0 Å². The predicted octanol–water partition coefficient (Wildman–Crippen LogP) is 1.22. The number of hydrogen-bond acceptors (Lipinski definition) is 4. The Morgan fingerprint density at radius 3 is 3.08 bits per heavy atom. The van der Waals surface area contributed by atoms with Crippen molar-refractivity contribution in [3.05, 3.63) is 24.2 Å². The van der Waals surface area contributed by atoms with Crippen LogP contribution in [0.1, 0.15) is 12.2 Å². The molecular formula is C9H15NO2S. The van der Waals surface area contributed by atoms with Crippen LogP contribution in [0, 0.1) is 0 Å². The van der Waals surface area contributed by atoms with Crippen molar-refractivity contribution in [3.8, 4) is 0 Å². The maximum atomic E-state index is 8.67. The van der Waals surface area contributed by atoms with E-state index in [9.17, 15) is 0 Å². The van der Waals surface area contributed by atoms with Gasteiger partial charge in [0.15, 0.2) is 0 Å². The summed E-state index contributed by atoms with van der Waals surface area (Å²) in [6.07, 6.45) is 2.53. The van der Waals surface area contributed by atoms with Gasteiger partial charge in [-0.2, -0.15) is 11.8 Å². The Labute approximate surface area is 82.3 Å². The van der Waals surface area contributed by atoms with Crippen LogP contribution in [0.15, 0.2) is 22.8 Å². The zero-order valence-corrected chi connectivity index (χ0v) is 8.30. The Balaban J connectivity index is 2.02. The van der Waals surface area contributed by atoms with Crippen LogP contribution in [0.2, 0.25) is 0 Å². The lowest BCUT2D eigenvalue weighted by Crippen LogP contribution is -2.24. The Morgan fingerprint density at radius 1 is 1.62 bits per heavy atom. The first-order valence-electron chi connectivity index (χ1n) is 4.29. The van der Waals surface area contributed by atoms with E-state index in [1.54, 1.807) is 18.0 Å². The van der Waals surface area contributed by atoms with E-state index in [2.05, 4.69) is 0 Å². The van der Waals surface area contributed by atoms with Crippen molar-refractivity contribution < 1.29 is 9.52 Å². The van der Waals surface area contributed by atoms with Crippen LogP contribution in [0.4, 0.5) is 0 Å². The highest BCUT2D eigenvalue weighted by Gasteiger charge is 2.00. The molecular weight excluding hydrogens is 186 g/mol. The molecule has 0 bridgehead atoms. The first kappa shape index (κ1) is 10.6. The van der Waals surface area contributed by atoms with Crippen molar-refractivity contribution in [1.82, 2.24) is 0 Å². The molecule has 1 aromatic rings. The van der Waals surface area contributed by atoms with Crippen LogP contribution in [0.25, 0.3) is 0 Å². The van der Waals surface area contributed by atoms with Crippen LogP contribution < -0.4 is 5.73 Å². The van der Waals surface area contributed by atoms with Crippen molar-refractivity contribution in [2.24, 2.45) is 5.73 Å². The van der Waals surface area contributed by atoms with E-state index in [1.807, 2.05) is 12.1 Å². The maximum absolute atomic E-state index is 8.67. The van der Waals surface area contributed by atoms with Gasteiger partial charge in [-0.05, 0) is 24.3 Å². The minimum Gasteiger partial charge on any atom is -0.468 e. The third-order valence-electron chi connectivity index (χ3n) is 1.69. The van der Waals surface area contributed by atoms with E-state index in [4.69, 9.17) is 15.3 Å². The average Bonchev–Trinajstić information content (AvgIpc) is 2.64. The molecule has 0 aromatic carbocycles. The van der Waals surface area contributed by atoms with Crippen molar-refractivity contribution >= 4 is 11.8 Å². The van der Waals surface area contributed by atoms with Gasteiger partial charge in [0, 0.05) is 6.04 Å². The van der Waals surface area contributed by atoms with Gasteiger partial charge in [0.25, 0.3) is 0 Å². The fraction of sp³-hybridized carbons (Fsp3) is 0.556. The lowest BCUT2D eigenvalue weighted by atomic mass is 10.3. The van der Waals surface area contributed by atoms with Crippen molar-refractivity contribution in [1.29, 1.82) is 0 Å². The van der Waals surface area contributed by atoms with Gasteiger partial charge in [-0.3, -0.25) is 0 Å². The summed E-state index contributed by atoms with van der Waals surface area (Å²) < 4.78 is 5.17. The molecule has 1 unspecified atom stereocenters. The number of rotatable bonds is 6. The second kappa shape index (κ2) is 6.07. The topological polar surface area (TPSA) is 59.4 Å². The summed E-state index contributed by atoms with van der Waals surface area (Å²) in [6.45, 7) is 0.0707. The number of thioether (sulfide) groups is 1. The lowest BCUT2D eigenvalue weighted by Gasteiger charge is -2.05. The molecule has 74 valence electrons. The largest absolute Gasteiger partial charge is 0.468 e. The Hall–Kier alpha value is -0.450. The van der Waals surface area contributed by atoms with E-state index < -0.39 is 0 Å². The van der Waals surface area contributed by atoms with E-state index in [1.165, 1.54) is 0 Å². The molecule has 1 heterocycles. The molecule has 0 aliphatic heterocycles. The van der Waals surface area contributed by atoms with Crippen molar-refractivity contribution in [2.45, 2.75) is 18.2 Å². The zero-order chi connectivity index (χ0) is 9.52. The number of nitrogens with two attached hydrogens (primary N) is 1. The molecule has 13 heavy (non-hydrogen) atoms. The van der Waals surface area contributed by atoms with Gasteiger partial charge < -0.3 is 15.3 Å². The predicted molar refractivity (Wildman–Crippen MR) is 54.5 cm³/mol. The summed E-state index contributed by atoms with van der Waals surface area (Å²) in [4.78, 5) is 0.